The molecule has 3 heteroatoms. The fraction of sp³-hybridized carbons (Fsp3) is 0.600. The summed E-state index contributed by atoms with van der Waals surface area (Å²) in [6, 6.07) is 4.95. The SMILES string of the molecule is CC(C)Oc1cc(F)ccc1C1CCNCC1C. The lowest BCUT2D eigenvalue weighted by molar-refractivity contribution is 0.232. The smallest absolute Gasteiger partial charge is 0.126 e. The first-order chi connectivity index (χ1) is 8.58. The molecule has 1 heterocycles. The summed E-state index contributed by atoms with van der Waals surface area (Å²) < 4.78 is 19.1. The zero-order valence-corrected chi connectivity index (χ0v) is 11.4. The minimum atomic E-state index is -0.226. The minimum absolute atomic E-state index is 0.0718. The summed E-state index contributed by atoms with van der Waals surface area (Å²) in [5, 5.41) is 3.39. The number of nitrogens with one attached hydrogen (secondary N) is 1. The first kappa shape index (κ1) is 13.3. The molecule has 2 unspecified atom stereocenters. The Hall–Kier alpha value is -1.09. The topological polar surface area (TPSA) is 21.3 Å². The Bertz CT molecular complexity index is 405. The predicted molar refractivity (Wildman–Crippen MR) is 71.6 cm³/mol. The summed E-state index contributed by atoms with van der Waals surface area (Å²) in [7, 11) is 0. The highest BCUT2D eigenvalue weighted by atomic mass is 19.1. The van der Waals surface area contributed by atoms with Gasteiger partial charge in [-0.15, -0.1) is 0 Å². The van der Waals surface area contributed by atoms with Gasteiger partial charge < -0.3 is 10.1 Å². The number of piperidine rings is 1. The molecule has 1 aliphatic heterocycles. The summed E-state index contributed by atoms with van der Waals surface area (Å²) in [6.07, 6.45) is 1.16. The molecule has 1 fully saturated rings. The Labute approximate surface area is 109 Å². The highest BCUT2D eigenvalue weighted by Crippen LogP contribution is 2.36. The van der Waals surface area contributed by atoms with Gasteiger partial charge in [0.25, 0.3) is 0 Å². The van der Waals surface area contributed by atoms with Gasteiger partial charge in [-0.25, -0.2) is 4.39 Å². The highest BCUT2D eigenvalue weighted by Gasteiger charge is 2.25. The van der Waals surface area contributed by atoms with Gasteiger partial charge >= 0.3 is 0 Å². The van der Waals surface area contributed by atoms with E-state index in [1.807, 2.05) is 19.9 Å². The number of rotatable bonds is 3. The second-order valence-corrected chi connectivity index (χ2v) is 5.43. The average molecular weight is 251 g/mol. The third-order valence-corrected chi connectivity index (χ3v) is 3.52. The van der Waals surface area contributed by atoms with Gasteiger partial charge in [-0.2, -0.15) is 0 Å². The molecule has 1 aromatic carbocycles. The van der Waals surface area contributed by atoms with Gasteiger partial charge in [-0.1, -0.05) is 13.0 Å². The Morgan fingerprint density at radius 2 is 2.17 bits per heavy atom. The maximum atomic E-state index is 13.4. The van der Waals surface area contributed by atoms with E-state index in [0.29, 0.717) is 17.6 Å². The van der Waals surface area contributed by atoms with Gasteiger partial charge in [0.05, 0.1) is 6.10 Å². The molecule has 2 rings (SSSR count). The molecular weight excluding hydrogens is 229 g/mol. The van der Waals surface area contributed by atoms with Crippen molar-refractivity contribution >= 4 is 0 Å². The molecule has 0 aromatic heterocycles. The van der Waals surface area contributed by atoms with Gasteiger partial charge in [0, 0.05) is 6.07 Å². The lowest BCUT2D eigenvalue weighted by Gasteiger charge is -2.31. The molecule has 18 heavy (non-hydrogen) atoms. The minimum Gasteiger partial charge on any atom is -0.491 e. The van der Waals surface area contributed by atoms with Gasteiger partial charge in [0.2, 0.25) is 0 Å². The van der Waals surface area contributed by atoms with Crippen LogP contribution in [0, 0.1) is 11.7 Å². The van der Waals surface area contributed by atoms with Crippen LogP contribution in [-0.4, -0.2) is 19.2 Å². The second-order valence-electron chi connectivity index (χ2n) is 5.43. The lowest BCUT2D eigenvalue weighted by Crippen LogP contribution is -2.34. The van der Waals surface area contributed by atoms with Crippen molar-refractivity contribution in [3.8, 4) is 5.75 Å². The molecule has 0 saturated carbocycles. The Morgan fingerprint density at radius 3 is 2.83 bits per heavy atom. The van der Waals surface area contributed by atoms with Crippen LogP contribution in [0.5, 0.6) is 5.75 Å². The summed E-state index contributed by atoms with van der Waals surface area (Å²) in [5.74, 6) is 1.50. The van der Waals surface area contributed by atoms with E-state index in [-0.39, 0.29) is 11.9 Å². The molecule has 0 bridgehead atoms. The third kappa shape index (κ3) is 3.02. The number of hydrogen-bond acceptors (Lipinski definition) is 2. The van der Waals surface area contributed by atoms with Crippen LogP contribution in [0.25, 0.3) is 0 Å². The maximum absolute atomic E-state index is 13.4. The van der Waals surface area contributed by atoms with Crippen LogP contribution in [0.2, 0.25) is 0 Å². The average Bonchev–Trinajstić information content (AvgIpc) is 2.30. The summed E-state index contributed by atoms with van der Waals surface area (Å²) in [5.41, 5.74) is 1.15. The molecule has 2 nitrogen and oxygen atoms in total. The number of halogens is 1. The first-order valence-electron chi connectivity index (χ1n) is 6.74. The summed E-state index contributed by atoms with van der Waals surface area (Å²) in [4.78, 5) is 0. The van der Waals surface area contributed by atoms with E-state index in [0.717, 1.165) is 25.1 Å². The van der Waals surface area contributed by atoms with Crippen LogP contribution in [0.4, 0.5) is 4.39 Å². The standard InChI is InChI=1S/C15H22FNO/c1-10(2)18-15-8-12(16)4-5-14(15)13-6-7-17-9-11(13)3/h4-5,8,10-11,13,17H,6-7,9H2,1-3H3. The van der Waals surface area contributed by atoms with E-state index in [4.69, 9.17) is 4.74 Å². The van der Waals surface area contributed by atoms with Crippen molar-refractivity contribution in [2.45, 2.75) is 39.2 Å². The van der Waals surface area contributed by atoms with Gasteiger partial charge in [-0.05, 0) is 56.8 Å². The van der Waals surface area contributed by atoms with Crippen LogP contribution >= 0.6 is 0 Å². The van der Waals surface area contributed by atoms with E-state index < -0.39 is 0 Å². The van der Waals surface area contributed by atoms with E-state index in [1.165, 1.54) is 12.1 Å². The fourth-order valence-electron chi connectivity index (χ4n) is 2.65. The normalized spacial score (nSPS) is 24.3. The largest absolute Gasteiger partial charge is 0.491 e. The maximum Gasteiger partial charge on any atom is 0.126 e. The van der Waals surface area contributed by atoms with Crippen molar-refractivity contribution in [2.75, 3.05) is 13.1 Å². The first-order valence-corrected chi connectivity index (χ1v) is 6.74. The van der Waals surface area contributed by atoms with Crippen molar-refractivity contribution in [1.29, 1.82) is 0 Å². The van der Waals surface area contributed by atoms with Gasteiger partial charge in [0.15, 0.2) is 0 Å². The third-order valence-electron chi connectivity index (χ3n) is 3.52. The molecule has 0 radical (unpaired) electrons. The Balaban J connectivity index is 2.30. The molecule has 2 atom stereocenters. The van der Waals surface area contributed by atoms with Crippen molar-refractivity contribution < 1.29 is 9.13 Å². The molecule has 1 aliphatic rings. The van der Waals surface area contributed by atoms with Crippen LogP contribution in [0.15, 0.2) is 18.2 Å². The molecular formula is C15H22FNO. The number of ether oxygens (including phenoxy) is 1. The van der Waals surface area contributed by atoms with Crippen LogP contribution in [-0.2, 0) is 0 Å². The molecule has 0 spiro atoms. The molecule has 100 valence electrons. The van der Waals surface area contributed by atoms with E-state index in [1.54, 1.807) is 0 Å². The summed E-state index contributed by atoms with van der Waals surface area (Å²) >= 11 is 0. The second kappa shape index (κ2) is 5.70. The monoisotopic (exact) mass is 251 g/mol. The zero-order chi connectivity index (χ0) is 13.1. The predicted octanol–water partition coefficient (Wildman–Crippen LogP) is 3.33. The molecule has 1 N–H and O–H groups in total. The Morgan fingerprint density at radius 1 is 1.39 bits per heavy atom. The van der Waals surface area contributed by atoms with Crippen molar-refractivity contribution in [2.24, 2.45) is 5.92 Å². The molecule has 1 saturated heterocycles. The number of benzene rings is 1. The van der Waals surface area contributed by atoms with Gasteiger partial charge in [-0.3, -0.25) is 0 Å². The van der Waals surface area contributed by atoms with E-state index in [2.05, 4.69) is 12.2 Å². The van der Waals surface area contributed by atoms with Crippen LogP contribution < -0.4 is 10.1 Å². The lowest BCUT2D eigenvalue weighted by atomic mass is 9.82. The highest BCUT2D eigenvalue weighted by molar-refractivity contribution is 5.37. The van der Waals surface area contributed by atoms with Gasteiger partial charge in [0.1, 0.15) is 11.6 Å². The fourth-order valence-corrected chi connectivity index (χ4v) is 2.65. The zero-order valence-electron chi connectivity index (χ0n) is 11.4. The Kier molecular flexibility index (Phi) is 4.23. The number of hydrogen-bond donors (Lipinski definition) is 1. The van der Waals surface area contributed by atoms with E-state index in [9.17, 15) is 4.39 Å². The van der Waals surface area contributed by atoms with Crippen molar-refractivity contribution in [3.63, 3.8) is 0 Å². The quantitative estimate of drug-likeness (QED) is 0.889. The van der Waals surface area contributed by atoms with Crippen molar-refractivity contribution in [3.05, 3.63) is 29.6 Å². The van der Waals surface area contributed by atoms with Crippen LogP contribution in [0.3, 0.4) is 0 Å². The van der Waals surface area contributed by atoms with Crippen molar-refractivity contribution in [1.82, 2.24) is 5.32 Å². The molecule has 0 amide bonds. The molecule has 0 aliphatic carbocycles. The summed E-state index contributed by atoms with van der Waals surface area (Å²) in [6.45, 7) is 8.22. The van der Waals surface area contributed by atoms with Crippen LogP contribution in [0.1, 0.15) is 38.7 Å². The molecule has 1 aromatic rings. The van der Waals surface area contributed by atoms with E-state index >= 15 is 0 Å².